The number of allylic oxidation sites excluding steroid dienone is 4. The molecule has 1 aromatic heterocycles. The van der Waals surface area contributed by atoms with Gasteiger partial charge in [-0.25, -0.2) is 4.98 Å². The van der Waals surface area contributed by atoms with Crippen molar-refractivity contribution in [1.82, 2.24) is 4.98 Å². The first-order valence-electron chi connectivity index (χ1n) is 12.6. The predicted octanol–water partition coefficient (Wildman–Crippen LogP) is 6.46. The van der Waals surface area contributed by atoms with E-state index in [0.29, 0.717) is 18.3 Å². The number of ketones is 1. The molecule has 34 heavy (non-hydrogen) atoms. The van der Waals surface area contributed by atoms with Gasteiger partial charge in [0.15, 0.2) is 5.78 Å². The number of benzene rings is 1. The molecule has 2 fully saturated rings. The minimum absolute atomic E-state index is 0.241. The first-order valence-corrected chi connectivity index (χ1v) is 13.4. The Morgan fingerprint density at radius 1 is 1.15 bits per heavy atom. The van der Waals surface area contributed by atoms with Crippen LogP contribution >= 0.6 is 11.3 Å². The summed E-state index contributed by atoms with van der Waals surface area (Å²) in [5.74, 6) is 7.70. The second-order valence-electron chi connectivity index (χ2n) is 10.7. The van der Waals surface area contributed by atoms with Crippen molar-refractivity contribution in [3.8, 4) is 22.4 Å². The third-order valence-corrected chi connectivity index (χ3v) is 10.0. The molecule has 174 valence electrons. The van der Waals surface area contributed by atoms with Crippen molar-refractivity contribution in [3.05, 3.63) is 64.2 Å². The smallest absolute Gasteiger partial charge is 0.156 e. The monoisotopic (exact) mass is 469 g/mol. The largest absolute Gasteiger partial charge is 0.377 e. The van der Waals surface area contributed by atoms with Crippen LogP contribution < -0.4 is 0 Å². The fourth-order valence-electron chi connectivity index (χ4n) is 7.60. The third-order valence-electron chi connectivity index (χ3n) is 9.21. The zero-order valence-electron chi connectivity index (χ0n) is 19.9. The molecule has 0 radical (unpaired) electrons. The van der Waals surface area contributed by atoms with Crippen LogP contribution in [0.1, 0.15) is 70.3 Å². The zero-order valence-corrected chi connectivity index (χ0v) is 20.8. The van der Waals surface area contributed by atoms with Gasteiger partial charge in [-0.15, -0.1) is 17.3 Å². The normalized spacial score (nSPS) is 34.5. The van der Waals surface area contributed by atoms with Gasteiger partial charge in [-0.3, -0.25) is 4.79 Å². The fourth-order valence-corrected chi connectivity index (χ4v) is 8.24. The number of carbonyl (C=O) groups excluding carboxylic acids is 1. The summed E-state index contributed by atoms with van der Waals surface area (Å²) in [6, 6.07) is 8.92. The van der Waals surface area contributed by atoms with Gasteiger partial charge in [-0.2, -0.15) is 0 Å². The number of aromatic nitrogens is 1. The van der Waals surface area contributed by atoms with E-state index < -0.39 is 5.60 Å². The van der Waals surface area contributed by atoms with E-state index in [1.807, 2.05) is 24.6 Å². The van der Waals surface area contributed by atoms with Crippen LogP contribution in [-0.4, -0.2) is 21.5 Å². The van der Waals surface area contributed by atoms with Crippen molar-refractivity contribution < 1.29 is 9.90 Å². The van der Waals surface area contributed by atoms with Gasteiger partial charge in [0.2, 0.25) is 0 Å². The summed E-state index contributed by atoms with van der Waals surface area (Å²) < 4.78 is 0. The van der Waals surface area contributed by atoms with Crippen LogP contribution in [-0.2, 0) is 4.79 Å². The molecule has 1 aromatic carbocycles. The van der Waals surface area contributed by atoms with Gasteiger partial charge in [0.25, 0.3) is 0 Å². The van der Waals surface area contributed by atoms with Crippen LogP contribution in [0.2, 0.25) is 0 Å². The number of carbonyl (C=O) groups is 1. The maximum atomic E-state index is 12.2. The molecule has 5 atom stereocenters. The van der Waals surface area contributed by atoms with E-state index in [1.54, 1.807) is 16.9 Å². The van der Waals surface area contributed by atoms with Crippen molar-refractivity contribution in [2.24, 2.45) is 17.3 Å². The SMILES string of the molecule is CC#CC1(O)CC[C@@H]2[C@@H]3CCC4=CC(=O)CCC4=C3[C@@H](c3ccc(-c4nccs4)cc3)C[C@@]21C. The van der Waals surface area contributed by atoms with E-state index in [2.05, 4.69) is 48.0 Å². The lowest BCUT2D eigenvalue weighted by Gasteiger charge is -2.53. The van der Waals surface area contributed by atoms with Gasteiger partial charge in [0.05, 0.1) is 0 Å². The molecule has 0 bridgehead atoms. The highest BCUT2D eigenvalue weighted by Gasteiger charge is 2.62. The minimum Gasteiger partial charge on any atom is -0.377 e. The average Bonchev–Trinajstić information content (AvgIpc) is 3.46. The summed E-state index contributed by atoms with van der Waals surface area (Å²) >= 11 is 1.66. The quantitative estimate of drug-likeness (QED) is 0.513. The summed E-state index contributed by atoms with van der Waals surface area (Å²) in [7, 11) is 0. The Kier molecular flexibility index (Phi) is 5.20. The van der Waals surface area contributed by atoms with Crippen LogP contribution in [0.3, 0.4) is 0 Å². The Hall–Kier alpha value is -2.48. The van der Waals surface area contributed by atoms with Gasteiger partial charge < -0.3 is 5.11 Å². The van der Waals surface area contributed by atoms with E-state index in [9.17, 15) is 9.90 Å². The van der Waals surface area contributed by atoms with Crippen LogP contribution in [0.5, 0.6) is 0 Å². The molecule has 6 rings (SSSR count). The maximum Gasteiger partial charge on any atom is 0.156 e. The third kappa shape index (κ3) is 3.21. The van der Waals surface area contributed by atoms with Crippen LogP contribution in [0.15, 0.2) is 58.6 Å². The summed E-state index contributed by atoms with van der Waals surface area (Å²) in [5, 5.41) is 14.8. The van der Waals surface area contributed by atoms with Crippen molar-refractivity contribution in [1.29, 1.82) is 0 Å². The number of rotatable bonds is 2. The first-order chi connectivity index (χ1) is 16.4. The lowest BCUT2D eigenvalue weighted by Crippen LogP contribution is -2.51. The van der Waals surface area contributed by atoms with E-state index in [4.69, 9.17) is 0 Å². The predicted molar refractivity (Wildman–Crippen MR) is 136 cm³/mol. The number of fused-ring (bicyclic) bond motifs is 4. The Bertz CT molecular complexity index is 1260. The van der Waals surface area contributed by atoms with E-state index in [1.165, 1.54) is 16.7 Å². The number of aliphatic hydroxyl groups is 1. The summed E-state index contributed by atoms with van der Waals surface area (Å²) in [5.41, 5.74) is 5.57. The van der Waals surface area contributed by atoms with E-state index in [-0.39, 0.29) is 17.1 Å². The number of thiazole rings is 1. The van der Waals surface area contributed by atoms with Gasteiger partial charge in [0.1, 0.15) is 10.6 Å². The second-order valence-corrected chi connectivity index (χ2v) is 11.6. The Morgan fingerprint density at radius 2 is 1.97 bits per heavy atom. The Balaban J connectivity index is 1.49. The summed E-state index contributed by atoms with van der Waals surface area (Å²) in [6.45, 7) is 4.14. The molecule has 4 aliphatic rings. The molecule has 1 N–H and O–H groups in total. The first kappa shape index (κ1) is 22.0. The molecule has 3 nitrogen and oxygen atoms in total. The molecule has 0 spiro atoms. The average molecular weight is 470 g/mol. The summed E-state index contributed by atoms with van der Waals surface area (Å²) in [4.78, 5) is 16.7. The van der Waals surface area contributed by atoms with Crippen molar-refractivity contribution >= 4 is 17.1 Å². The van der Waals surface area contributed by atoms with Gasteiger partial charge in [0, 0.05) is 34.9 Å². The highest BCUT2D eigenvalue weighted by Crippen LogP contribution is 2.66. The molecule has 0 saturated heterocycles. The molecule has 4 heteroatoms. The molecule has 4 aliphatic carbocycles. The fraction of sp³-hybridized carbons (Fsp3) is 0.467. The highest BCUT2D eigenvalue weighted by molar-refractivity contribution is 7.13. The highest BCUT2D eigenvalue weighted by atomic mass is 32.1. The molecular formula is C30H31NO2S. The van der Waals surface area contributed by atoms with Crippen molar-refractivity contribution in [2.45, 2.75) is 70.3 Å². The van der Waals surface area contributed by atoms with Crippen LogP contribution in [0.25, 0.3) is 10.6 Å². The Labute approximate surface area is 206 Å². The van der Waals surface area contributed by atoms with Crippen molar-refractivity contribution in [3.63, 3.8) is 0 Å². The second kappa shape index (κ2) is 8.04. The Morgan fingerprint density at radius 3 is 2.71 bits per heavy atom. The molecule has 0 aliphatic heterocycles. The molecule has 2 saturated carbocycles. The molecular weight excluding hydrogens is 438 g/mol. The number of hydrogen-bond acceptors (Lipinski definition) is 4. The van der Waals surface area contributed by atoms with Gasteiger partial charge >= 0.3 is 0 Å². The van der Waals surface area contributed by atoms with E-state index in [0.717, 1.165) is 49.1 Å². The lowest BCUT2D eigenvalue weighted by atomic mass is 9.51. The molecule has 0 amide bonds. The van der Waals surface area contributed by atoms with Crippen LogP contribution in [0, 0.1) is 29.1 Å². The molecule has 1 heterocycles. The topological polar surface area (TPSA) is 50.2 Å². The van der Waals surface area contributed by atoms with Crippen LogP contribution in [0.4, 0.5) is 0 Å². The zero-order chi connectivity index (χ0) is 23.5. The standard InChI is InChI=1S/C30H31NO2S/c1-3-13-30(33)14-12-26-24-10-8-21-17-22(32)9-11-23(21)27(24)25(18-29(26,30)2)19-4-6-20(7-5-19)28-31-15-16-34-28/h4-7,15-17,24-26,33H,8-12,14,18H2,1-2H3/t24-,25+,26+,29-,30?/m0/s1. The van der Waals surface area contributed by atoms with Gasteiger partial charge in [-0.05, 0) is 80.1 Å². The van der Waals surface area contributed by atoms with E-state index >= 15 is 0 Å². The maximum absolute atomic E-state index is 12.2. The lowest BCUT2D eigenvalue weighted by molar-refractivity contribution is -0.114. The number of hydrogen-bond donors (Lipinski definition) is 1. The van der Waals surface area contributed by atoms with Gasteiger partial charge in [-0.1, -0.05) is 42.7 Å². The minimum atomic E-state index is -0.930. The molecule has 1 unspecified atom stereocenters. The van der Waals surface area contributed by atoms with Crippen molar-refractivity contribution in [2.75, 3.05) is 0 Å². The molecule has 2 aromatic rings. The summed E-state index contributed by atoms with van der Waals surface area (Å²) in [6.07, 6.45) is 9.99. The number of nitrogens with zero attached hydrogens (tertiary/aromatic N) is 1.